The van der Waals surface area contributed by atoms with Crippen molar-refractivity contribution in [2.24, 2.45) is 5.73 Å². The van der Waals surface area contributed by atoms with Crippen LogP contribution >= 0.6 is 23.2 Å². The molecule has 3 N–H and O–H groups in total. The number of esters is 1. The molecule has 0 aliphatic rings. The minimum Gasteiger partial charge on any atom is -0.449 e. The van der Waals surface area contributed by atoms with Crippen molar-refractivity contribution in [1.29, 1.82) is 0 Å². The Balaban J connectivity index is 3.23. The van der Waals surface area contributed by atoms with Gasteiger partial charge in [0.2, 0.25) is 10.0 Å². The van der Waals surface area contributed by atoms with Crippen LogP contribution in [0.4, 0.5) is 0 Å². The van der Waals surface area contributed by atoms with Crippen LogP contribution in [0.15, 0.2) is 17.0 Å². The summed E-state index contributed by atoms with van der Waals surface area (Å²) in [7, 11) is -3.97. The minimum atomic E-state index is -3.97. The zero-order valence-corrected chi connectivity index (χ0v) is 16.3. The van der Waals surface area contributed by atoms with Crippen molar-refractivity contribution in [3.63, 3.8) is 0 Å². The van der Waals surface area contributed by atoms with Crippen LogP contribution in [-0.2, 0) is 19.6 Å². The summed E-state index contributed by atoms with van der Waals surface area (Å²) >= 11 is 11.9. The Bertz CT molecular complexity index is 767. The lowest BCUT2D eigenvalue weighted by atomic mass is 10.2. The van der Waals surface area contributed by atoms with Crippen molar-refractivity contribution >= 4 is 45.1 Å². The van der Waals surface area contributed by atoms with E-state index in [1.54, 1.807) is 6.92 Å². The zero-order chi connectivity index (χ0) is 19.4. The number of nitrogens with two attached hydrogens (primary N) is 1. The third kappa shape index (κ3) is 5.85. The quantitative estimate of drug-likeness (QED) is 0.638. The number of hydrogen-bond acceptors (Lipinski definition) is 5. The summed E-state index contributed by atoms with van der Waals surface area (Å²) in [6.45, 7) is 4.93. The third-order valence-corrected chi connectivity index (χ3v) is 5.66. The molecule has 0 bridgehead atoms. The van der Waals surface area contributed by atoms with Crippen LogP contribution in [0.1, 0.15) is 44.0 Å². The number of nitrogens with one attached hydrogen (secondary N) is 1. The molecule has 0 aromatic heterocycles. The molecule has 0 aliphatic carbocycles. The number of primary amides is 1. The number of carbonyl (C=O) groups is 2. The number of carbonyl (C=O) groups excluding carboxylic acids is 2. The Morgan fingerprint density at radius 1 is 1.24 bits per heavy atom. The standard InChI is InChI=1S/C15H20Cl2N2O5S/c1-4-5-8(2)19-25(22,23)13-6-10(11(16)7-12(13)17)15(21)24-9(3)14(18)20/h6-9,19H,4-5H2,1-3H3,(H2,18,20)/t8-,9+/m1/s1. The van der Waals surface area contributed by atoms with E-state index in [2.05, 4.69) is 4.72 Å². The van der Waals surface area contributed by atoms with E-state index in [1.807, 2.05) is 6.92 Å². The number of ether oxygens (including phenoxy) is 1. The van der Waals surface area contributed by atoms with E-state index in [9.17, 15) is 18.0 Å². The van der Waals surface area contributed by atoms with Crippen LogP contribution in [-0.4, -0.2) is 32.4 Å². The predicted molar refractivity (Wildman–Crippen MR) is 95.2 cm³/mol. The van der Waals surface area contributed by atoms with Gasteiger partial charge in [0.1, 0.15) is 4.90 Å². The lowest BCUT2D eigenvalue weighted by molar-refractivity contribution is -0.125. The maximum absolute atomic E-state index is 12.5. The van der Waals surface area contributed by atoms with Gasteiger partial charge in [0.05, 0.1) is 15.6 Å². The maximum Gasteiger partial charge on any atom is 0.340 e. The van der Waals surface area contributed by atoms with Crippen molar-refractivity contribution in [3.8, 4) is 0 Å². The van der Waals surface area contributed by atoms with E-state index in [0.29, 0.717) is 6.42 Å². The first-order valence-electron chi connectivity index (χ1n) is 7.51. The van der Waals surface area contributed by atoms with E-state index >= 15 is 0 Å². The SMILES string of the molecule is CCC[C@@H](C)NS(=O)(=O)c1cc(C(=O)O[C@@H](C)C(N)=O)c(Cl)cc1Cl. The molecule has 1 amide bonds. The van der Waals surface area contributed by atoms with E-state index in [4.69, 9.17) is 33.7 Å². The summed E-state index contributed by atoms with van der Waals surface area (Å²) in [5.41, 5.74) is 4.80. The highest BCUT2D eigenvalue weighted by Crippen LogP contribution is 2.29. The highest BCUT2D eigenvalue weighted by atomic mass is 35.5. The van der Waals surface area contributed by atoms with Crippen LogP contribution in [0, 0.1) is 0 Å². The molecule has 1 aromatic rings. The van der Waals surface area contributed by atoms with Gasteiger partial charge in [0.15, 0.2) is 6.10 Å². The van der Waals surface area contributed by atoms with Crippen molar-refractivity contribution in [2.75, 3.05) is 0 Å². The molecular weight excluding hydrogens is 391 g/mol. The van der Waals surface area contributed by atoms with Gasteiger partial charge in [-0.25, -0.2) is 17.9 Å². The van der Waals surface area contributed by atoms with Gasteiger partial charge in [-0.3, -0.25) is 4.79 Å². The largest absolute Gasteiger partial charge is 0.449 e. The van der Waals surface area contributed by atoms with E-state index in [0.717, 1.165) is 18.6 Å². The van der Waals surface area contributed by atoms with Gasteiger partial charge in [-0.1, -0.05) is 36.5 Å². The van der Waals surface area contributed by atoms with Gasteiger partial charge >= 0.3 is 5.97 Å². The third-order valence-electron chi connectivity index (χ3n) is 3.29. The summed E-state index contributed by atoms with van der Waals surface area (Å²) in [5.74, 6) is -1.83. The molecule has 7 nitrogen and oxygen atoms in total. The molecule has 0 saturated carbocycles. The number of amides is 1. The van der Waals surface area contributed by atoms with Crippen molar-refractivity contribution in [1.82, 2.24) is 4.72 Å². The summed E-state index contributed by atoms with van der Waals surface area (Å²) in [6, 6.07) is 1.84. The molecule has 0 aliphatic heterocycles. The molecule has 1 aromatic carbocycles. The average molecular weight is 411 g/mol. The van der Waals surface area contributed by atoms with Crippen LogP contribution in [0.3, 0.4) is 0 Å². The molecule has 140 valence electrons. The van der Waals surface area contributed by atoms with Crippen LogP contribution in [0.25, 0.3) is 0 Å². The lowest BCUT2D eigenvalue weighted by Gasteiger charge is -2.16. The van der Waals surface area contributed by atoms with E-state index in [-0.39, 0.29) is 26.5 Å². The minimum absolute atomic E-state index is 0.104. The highest BCUT2D eigenvalue weighted by molar-refractivity contribution is 7.89. The first-order valence-corrected chi connectivity index (χ1v) is 9.75. The molecule has 0 fully saturated rings. The van der Waals surface area contributed by atoms with Crippen LogP contribution < -0.4 is 10.5 Å². The normalized spacial score (nSPS) is 14.0. The van der Waals surface area contributed by atoms with Crippen molar-refractivity contribution in [2.45, 2.75) is 50.7 Å². The highest BCUT2D eigenvalue weighted by Gasteiger charge is 2.26. The number of hydrogen-bond donors (Lipinski definition) is 2. The molecular formula is C15H20Cl2N2O5S. The number of sulfonamides is 1. The zero-order valence-electron chi connectivity index (χ0n) is 14.0. The first kappa shape index (κ1) is 21.7. The Hall–Kier alpha value is -1.35. The van der Waals surface area contributed by atoms with Gasteiger partial charge in [-0.05, 0) is 32.4 Å². The van der Waals surface area contributed by atoms with E-state index in [1.165, 1.54) is 6.92 Å². The van der Waals surface area contributed by atoms with Gasteiger partial charge in [0, 0.05) is 6.04 Å². The second-order valence-corrected chi connectivity index (χ2v) is 8.02. The second-order valence-electron chi connectivity index (χ2n) is 5.52. The average Bonchev–Trinajstić information content (AvgIpc) is 2.45. The lowest BCUT2D eigenvalue weighted by Crippen LogP contribution is -2.33. The Kier molecular flexibility index (Phi) is 7.67. The van der Waals surface area contributed by atoms with Gasteiger partial charge in [0.25, 0.3) is 5.91 Å². The monoisotopic (exact) mass is 410 g/mol. The number of halogens is 2. The Morgan fingerprint density at radius 3 is 2.36 bits per heavy atom. The summed E-state index contributed by atoms with van der Waals surface area (Å²) in [5, 5.41) is -0.243. The maximum atomic E-state index is 12.5. The fourth-order valence-electron chi connectivity index (χ4n) is 1.99. The smallest absolute Gasteiger partial charge is 0.340 e. The fourth-order valence-corrected chi connectivity index (χ4v) is 4.12. The number of rotatable bonds is 8. The molecule has 0 saturated heterocycles. The van der Waals surface area contributed by atoms with Crippen molar-refractivity contribution < 1.29 is 22.7 Å². The fraction of sp³-hybridized carbons (Fsp3) is 0.467. The van der Waals surface area contributed by atoms with E-state index < -0.39 is 28.0 Å². The summed E-state index contributed by atoms with van der Waals surface area (Å²) < 4.78 is 32.3. The van der Waals surface area contributed by atoms with Crippen molar-refractivity contribution in [3.05, 3.63) is 27.7 Å². The topological polar surface area (TPSA) is 116 Å². The second kappa shape index (κ2) is 8.84. The molecule has 0 radical (unpaired) electrons. The number of benzene rings is 1. The predicted octanol–water partition coefficient (Wildman–Crippen LogP) is 2.49. The molecule has 0 unspecified atom stereocenters. The van der Waals surface area contributed by atoms with Gasteiger partial charge in [-0.2, -0.15) is 0 Å². The molecule has 2 atom stereocenters. The Labute approximate surface area is 156 Å². The first-order chi connectivity index (χ1) is 11.5. The molecule has 10 heteroatoms. The van der Waals surface area contributed by atoms with Crippen LogP contribution in [0.2, 0.25) is 10.0 Å². The molecule has 0 spiro atoms. The van der Waals surface area contributed by atoms with Crippen LogP contribution in [0.5, 0.6) is 0 Å². The van der Waals surface area contributed by atoms with Gasteiger partial charge < -0.3 is 10.5 Å². The Morgan fingerprint density at radius 2 is 1.84 bits per heavy atom. The summed E-state index contributed by atoms with van der Waals surface area (Å²) in [4.78, 5) is 22.8. The molecule has 1 rings (SSSR count). The van der Waals surface area contributed by atoms with Gasteiger partial charge in [-0.15, -0.1) is 0 Å². The summed E-state index contributed by atoms with van der Waals surface area (Å²) in [6.07, 6.45) is 0.234. The molecule has 0 heterocycles. The molecule has 25 heavy (non-hydrogen) atoms.